The fraction of sp³-hybridized carbons (Fsp3) is 0.833. The first-order chi connectivity index (χ1) is 2.89. The topological polar surface area (TPSA) is 0 Å². The Hall–Kier alpha value is -0.130. The van der Waals surface area contributed by atoms with Crippen LogP contribution < -0.4 is 0 Å². The highest BCUT2D eigenvalue weighted by Gasteiger charge is 2.17. The van der Waals surface area contributed by atoms with Gasteiger partial charge in [-0.3, -0.25) is 0 Å². The highest BCUT2D eigenvalue weighted by molar-refractivity contribution is 4.79. The zero-order valence-electron chi connectivity index (χ0n) is 4.28. The van der Waals surface area contributed by atoms with Gasteiger partial charge in [-0.25, -0.2) is 0 Å². The summed E-state index contributed by atoms with van der Waals surface area (Å²) in [4.78, 5) is 0. The second kappa shape index (κ2) is 1.55. The molecule has 1 unspecified atom stereocenters. The molecule has 0 heterocycles. The van der Waals surface area contributed by atoms with Crippen LogP contribution in [0.25, 0.3) is 0 Å². The highest BCUT2D eigenvalue weighted by Crippen LogP contribution is 2.21. The van der Waals surface area contributed by atoms with Gasteiger partial charge in [0.25, 0.3) is 0 Å². The maximum Gasteiger partial charge on any atom is 0.0951 e. The Labute approximate surface area is 39.6 Å². The summed E-state index contributed by atoms with van der Waals surface area (Å²) in [5.74, 6) is 0.921. The summed E-state index contributed by atoms with van der Waals surface area (Å²) >= 11 is 0. The van der Waals surface area contributed by atoms with Crippen molar-refractivity contribution < 1.29 is 0 Å². The molecule has 1 rings (SSSR count). The SMILES string of the molecule is CC1[CH+]CCC1. The van der Waals surface area contributed by atoms with Crippen LogP contribution >= 0.6 is 0 Å². The molecule has 0 N–H and O–H groups in total. The number of rotatable bonds is 0. The van der Waals surface area contributed by atoms with Gasteiger partial charge in [0.1, 0.15) is 0 Å². The van der Waals surface area contributed by atoms with Gasteiger partial charge in [0, 0.05) is 0 Å². The van der Waals surface area contributed by atoms with Crippen LogP contribution in [0.3, 0.4) is 0 Å². The molecule has 0 aromatic heterocycles. The number of hydrogen-bond acceptors (Lipinski definition) is 0. The molecule has 0 aromatic carbocycles. The minimum Gasteiger partial charge on any atom is -0.0215 e. The van der Waals surface area contributed by atoms with Crippen LogP contribution in [-0.4, -0.2) is 0 Å². The van der Waals surface area contributed by atoms with Crippen molar-refractivity contribution in [3.63, 3.8) is 0 Å². The van der Waals surface area contributed by atoms with Crippen LogP contribution in [0.4, 0.5) is 0 Å². The molecule has 0 radical (unpaired) electrons. The second-order valence-corrected chi connectivity index (χ2v) is 2.14. The smallest absolute Gasteiger partial charge is 0.0215 e. The molecular formula is C6H11+. The molecule has 6 heavy (non-hydrogen) atoms. The van der Waals surface area contributed by atoms with Crippen LogP contribution in [0.2, 0.25) is 0 Å². The first-order valence-corrected chi connectivity index (χ1v) is 2.73. The molecular weight excluding hydrogens is 72.1 g/mol. The fourth-order valence-electron chi connectivity index (χ4n) is 0.960. The zero-order valence-corrected chi connectivity index (χ0v) is 4.28. The average molecular weight is 83.2 g/mol. The van der Waals surface area contributed by atoms with Gasteiger partial charge >= 0.3 is 0 Å². The van der Waals surface area contributed by atoms with Crippen molar-refractivity contribution in [3.8, 4) is 0 Å². The van der Waals surface area contributed by atoms with Crippen molar-refractivity contribution in [1.82, 2.24) is 0 Å². The van der Waals surface area contributed by atoms with E-state index in [0.717, 1.165) is 5.92 Å². The summed E-state index contributed by atoms with van der Waals surface area (Å²) in [7, 11) is 0. The van der Waals surface area contributed by atoms with Crippen molar-refractivity contribution in [2.75, 3.05) is 0 Å². The molecule has 0 nitrogen and oxygen atoms in total. The van der Waals surface area contributed by atoms with Gasteiger partial charge < -0.3 is 0 Å². The van der Waals surface area contributed by atoms with Gasteiger partial charge in [-0.1, -0.05) is 0 Å². The molecule has 1 fully saturated rings. The molecule has 0 saturated heterocycles. The minimum atomic E-state index is 0.921. The molecule has 0 bridgehead atoms. The molecule has 0 aromatic rings. The lowest BCUT2D eigenvalue weighted by Gasteiger charge is -1.81. The van der Waals surface area contributed by atoms with E-state index in [1.807, 2.05) is 0 Å². The van der Waals surface area contributed by atoms with Crippen LogP contribution in [0.1, 0.15) is 26.2 Å². The van der Waals surface area contributed by atoms with E-state index in [9.17, 15) is 0 Å². The van der Waals surface area contributed by atoms with Crippen LogP contribution in [-0.2, 0) is 0 Å². The summed E-state index contributed by atoms with van der Waals surface area (Å²) < 4.78 is 0. The van der Waals surface area contributed by atoms with Crippen molar-refractivity contribution in [1.29, 1.82) is 0 Å². The van der Waals surface area contributed by atoms with Crippen molar-refractivity contribution in [3.05, 3.63) is 6.42 Å². The Kier molecular flexibility index (Phi) is 1.04. The highest BCUT2D eigenvalue weighted by atomic mass is 14.1. The minimum absolute atomic E-state index is 0.921. The Morgan fingerprint density at radius 3 is 2.67 bits per heavy atom. The lowest BCUT2D eigenvalue weighted by Crippen LogP contribution is -1.79. The Morgan fingerprint density at radius 2 is 2.50 bits per heavy atom. The van der Waals surface area contributed by atoms with Crippen molar-refractivity contribution >= 4 is 0 Å². The average Bonchev–Trinajstić information content (AvgIpc) is 1.86. The summed E-state index contributed by atoms with van der Waals surface area (Å²) in [5.41, 5.74) is 0. The van der Waals surface area contributed by atoms with E-state index in [4.69, 9.17) is 0 Å². The normalized spacial score (nSPS) is 33.2. The van der Waals surface area contributed by atoms with E-state index < -0.39 is 0 Å². The van der Waals surface area contributed by atoms with E-state index >= 15 is 0 Å². The quantitative estimate of drug-likeness (QED) is 0.393. The Balaban J connectivity index is 2.18. The van der Waals surface area contributed by atoms with Gasteiger partial charge in [-0.05, 0) is 19.8 Å². The Morgan fingerprint density at radius 1 is 1.67 bits per heavy atom. The summed E-state index contributed by atoms with van der Waals surface area (Å²) in [6.07, 6.45) is 6.63. The third-order valence-electron chi connectivity index (χ3n) is 1.43. The monoisotopic (exact) mass is 83.1 g/mol. The molecule has 34 valence electrons. The number of hydrogen-bond donors (Lipinski definition) is 0. The molecule has 1 aliphatic carbocycles. The third kappa shape index (κ3) is 0.675. The predicted molar refractivity (Wildman–Crippen MR) is 27.3 cm³/mol. The summed E-state index contributed by atoms with van der Waals surface area (Å²) in [6, 6.07) is 0. The maximum absolute atomic E-state index is 2.40. The van der Waals surface area contributed by atoms with Gasteiger partial charge in [0.15, 0.2) is 0 Å². The van der Waals surface area contributed by atoms with E-state index in [0.29, 0.717) is 0 Å². The molecule has 1 atom stereocenters. The van der Waals surface area contributed by atoms with Crippen LogP contribution in [0.5, 0.6) is 0 Å². The largest absolute Gasteiger partial charge is 0.0951 e. The van der Waals surface area contributed by atoms with Gasteiger partial charge in [0.2, 0.25) is 0 Å². The molecule has 0 heteroatoms. The van der Waals surface area contributed by atoms with Gasteiger partial charge in [0.05, 0.1) is 18.8 Å². The molecule has 1 saturated carbocycles. The van der Waals surface area contributed by atoms with Crippen LogP contribution in [0, 0.1) is 12.3 Å². The van der Waals surface area contributed by atoms with Crippen molar-refractivity contribution in [2.24, 2.45) is 5.92 Å². The predicted octanol–water partition coefficient (Wildman–Crippen LogP) is 2.01. The maximum atomic E-state index is 2.40. The first-order valence-electron chi connectivity index (χ1n) is 2.73. The van der Waals surface area contributed by atoms with E-state index in [-0.39, 0.29) is 0 Å². The molecule has 0 spiro atoms. The van der Waals surface area contributed by atoms with E-state index in [2.05, 4.69) is 13.3 Å². The molecule has 0 amide bonds. The van der Waals surface area contributed by atoms with E-state index in [1.165, 1.54) is 19.3 Å². The van der Waals surface area contributed by atoms with E-state index in [1.54, 1.807) is 0 Å². The lowest BCUT2D eigenvalue weighted by atomic mass is 10.2. The zero-order chi connectivity index (χ0) is 4.41. The molecule has 1 aliphatic rings. The second-order valence-electron chi connectivity index (χ2n) is 2.14. The Bertz CT molecular complexity index is 33.3. The van der Waals surface area contributed by atoms with Gasteiger partial charge in [-0.15, -0.1) is 0 Å². The first kappa shape index (κ1) is 4.04. The van der Waals surface area contributed by atoms with Crippen molar-refractivity contribution in [2.45, 2.75) is 26.2 Å². The van der Waals surface area contributed by atoms with Crippen LogP contribution in [0.15, 0.2) is 0 Å². The third-order valence-corrected chi connectivity index (χ3v) is 1.43. The fourth-order valence-corrected chi connectivity index (χ4v) is 0.960. The van der Waals surface area contributed by atoms with Gasteiger partial charge in [-0.2, -0.15) is 0 Å². The summed E-state index contributed by atoms with van der Waals surface area (Å²) in [6.45, 7) is 2.28. The standard InChI is InChI=1S/C6H11/c1-6-4-2-3-5-6/h4,6H,2-3,5H2,1H3/q+1. The molecule has 0 aliphatic heterocycles. The summed E-state index contributed by atoms with van der Waals surface area (Å²) in [5, 5.41) is 0. The lowest BCUT2D eigenvalue weighted by molar-refractivity contribution is 0.692.